The van der Waals surface area contributed by atoms with Gasteiger partial charge in [-0.1, -0.05) is 6.92 Å². The van der Waals surface area contributed by atoms with Crippen LogP contribution >= 0.6 is 11.3 Å². The summed E-state index contributed by atoms with van der Waals surface area (Å²) in [5.74, 6) is -0.206. The zero-order chi connectivity index (χ0) is 18.1. The number of methoxy groups -OCH3 is 2. The molecule has 3 aromatic heterocycles. The Kier molecular flexibility index (Phi) is 4.78. The number of pyridine rings is 1. The lowest BCUT2D eigenvalue weighted by molar-refractivity contribution is 0.0596. The number of hydrogen-bond donors (Lipinski definition) is 1. The number of ether oxygens (including phenoxy) is 2. The summed E-state index contributed by atoms with van der Waals surface area (Å²) in [6.07, 6.45) is 0.729. The fourth-order valence-electron chi connectivity index (χ4n) is 2.87. The number of aromatic nitrogens is 2. The normalized spacial score (nSPS) is 11.1. The first-order chi connectivity index (χ1) is 12.0. The standard InChI is InChI=1S/C18H20N2O4S/c1-5-10-7-13(18(22)24-4)16(23-3)19-15(10)14-8-11-6-12(9-21)20(2)17(11)25-14/h6-8,21H,5,9H2,1-4H3. The Hall–Kier alpha value is -2.38. The number of aliphatic hydroxyl groups excluding tert-OH is 1. The molecule has 0 aliphatic heterocycles. The highest BCUT2D eigenvalue weighted by atomic mass is 32.1. The van der Waals surface area contributed by atoms with Crippen molar-refractivity contribution in [3.63, 3.8) is 0 Å². The van der Waals surface area contributed by atoms with E-state index in [0.29, 0.717) is 5.56 Å². The molecular weight excluding hydrogens is 340 g/mol. The topological polar surface area (TPSA) is 73.6 Å². The molecule has 1 N–H and O–H groups in total. The SMILES string of the molecule is CCc1cc(C(=O)OC)c(OC)nc1-c1cc2cc(CO)n(C)c2s1. The van der Waals surface area contributed by atoms with Crippen LogP contribution in [0, 0.1) is 0 Å². The maximum Gasteiger partial charge on any atom is 0.343 e. The van der Waals surface area contributed by atoms with Crippen molar-refractivity contribution in [1.82, 2.24) is 9.55 Å². The van der Waals surface area contributed by atoms with Gasteiger partial charge in [-0.05, 0) is 30.2 Å². The van der Waals surface area contributed by atoms with E-state index in [1.165, 1.54) is 14.2 Å². The summed E-state index contributed by atoms with van der Waals surface area (Å²) in [5, 5.41) is 10.5. The molecular formula is C18H20N2O4S. The Bertz CT molecular complexity index is 942. The van der Waals surface area contributed by atoms with Crippen molar-refractivity contribution in [2.45, 2.75) is 20.0 Å². The molecule has 0 fully saturated rings. The predicted octanol–water partition coefficient (Wildman–Crippen LogP) is 3.15. The molecule has 3 aromatic rings. The Morgan fingerprint density at radius 2 is 2.08 bits per heavy atom. The number of aryl methyl sites for hydroxylation is 2. The summed E-state index contributed by atoms with van der Waals surface area (Å²) in [6, 6.07) is 5.81. The van der Waals surface area contributed by atoms with Gasteiger partial charge in [-0.2, -0.15) is 0 Å². The summed E-state index contributed by atoms with van der Waals surface area (Å²) in [7, 11) is 4.76. The number of rotatable bonds is 5. The van der Waals surface area contributed by atoms with Crippen molar-refractivity contribution in [2.24, 2.45) is 7.05 Å². The van der Waals surface area contributed by atoms with Crippen LogP contribution < -0.4 is 4.74 Å². The number of hydrogen-bond acceptors (Lipinski definition) is 6. The van der Waals surface area contributed by atoms with Crippen LogP contribution in [0.25, 0.3) is 20.8 Å². The first kappa shape index (κ1) is 17.4. The number of aliphatic hydroxyl groups is 1. The number of thiophene rings is 1. The van der Waals surface area contributed by atoms with Crippen LogP contribution in [0.5, 0.6) is 5.88 Å². The van der Waals surface area contributed by atoms with Crippen LogP contribution in [0.4, 0.5) is 0 Å². The van der Waals surface area contributed by atoms with E-state index >= 15 is 0 Å². The maximum atomic E-state index is 12.0. The highest BCUT2D eigenvalue weighted by Gasteiger charge is 2.20. The molecule has 3 rings (SSSR count). The molecule has 6 nitrogen and oxygen atoms in total. The molecule has 3 heterocycles. The van der Waals surface area contributed by atoms with Crippen molar-refractivity contribution in [2.75, 3.05) is 14.2 Å². The van der Waals surface area contributed by atoms with Crippen molar-refractivity contribution in [3.05, 3.63) is 35.0 Å². The summed E-state index contributed by atoms with van der Waals surface area (Å²) >= 11 is 1.60. The first-order valence-corrected chi connectivity index (χ1v) is 8.71. The highest BCUT2D eigenvalue weighted by molar-refractivity contribution is 7.21. The van der Waals surface area contributed by atoms with E-state index in [9.17, 15) is 9.90 Å². The van der Waals surface area contributed by atoms with E-state index in [1.54, 1.807) is 17.4 Å². The molecule has 0 bridgehead atoms. The van der Waals surface area contributed by atoms with Crippen molar-refractivity contribution >= 4 is 27.5 Å². The van der Waals surface area contributed by atoms with Crippen molar-refractivity contribution in [3.8, 4) is 16.5 Å². The second-order valence-electron chi connectivity index (χ2n) is 5.62. The molecule has 0 aromatic carbocycles. The zero-order valence-corrected chi connectivity index (χ0v) is 15.4. The summed E-state index contributed by atoms with van der Waals surface area (Å²) in [4.78, 5) is 18.6. The lowest BCUT2D eigenvalue weighted by Gasteiger charge is -2.11. The molecule has 0 radical (unpaired) electrons. The van der Waals surface area contributed by atoms with Gasteiger partial charge in [-0.3, -0.25) is 0 Å². The molecule has 0 spiro atoms. The van der Waals surface area contributed by atoms with Gasteiger partial charge in [0.05, 0.1) is 31.4 Å². The van der Waals surface area contributed by atoms with Crippen molar-refractivity contribution < 1.29 is 19.4 Å². The van der Waals surface area contributed by atoms with E-state index in [0.717, 1.165) is 38.5 Å². The number of fused-ring (bicyclic) bond motifs is 1. The third kappa shape index (κ3) is 2.89. The molecule has 0 atom stereocenters. The minimum atomic E-state index is -0.463. The number of carbonyl (C=O) groups excluding carboxylic acids is 1. The number of carbonyl (C=O) groups is 1. The minimum Gasteiger partial charge on any atom is -0.480 e. The van der Waals surface area contributed by atoms with Gasteiger partial charge in [0.25, 0.3) is 0 Å². The Morgan fingerprint density at radius 3 is 2.64 bits per heavy atom. The Morgan fingerprint density at radius 1 is 1.32 bits per heavy atom. The van der Waals surface area contributed by atoms with E-state index < -0.39 is 5.97 Å². The number of nitrogens with zero attached hydrogens (tertiary/aromatic N) is 2. The van der Waals surface area contributed by atoms with Gasteiger partial charge in [0.1, 0.15) is 10.4 Å². The largest absolute Gasteiger partial charge is 0.480 e. The molecule has 0 unspecified atom stereocenters. The van der Waals surface area contributed by atoms with Gasteiger partial charge in [0.2, 0.25) is 5.88 Å². The lowest BCUT2D eigenvalue weighted by atomic mass is 10.1. The van der Waals surface area contributed by atoms with E-state index in [-0.39, 0.29) is 12.5 Å². The van der Waals surface area contributed by atoms with Gasteiger partial charge in [-0.15, -0.1) is 11.3 Å². The van der Waals surface area contributed by atoms with Crippen molar-refractivity contribution in [1.29, 1.82) is 0 Å². The van der Waals surface area contributed by atoms with Gasteiger partial charge >= 0.3 is 5.97 Å². The molecule has 0 amide bonds. The van der Waals surface area contributed by atoms with Crippen LogP contribution in [-0.4, -0.2) is 34.8 Å². The highest BCUT2D eigenvalue weighted by Crippen LogP contribution is 2.37. The maximum absolute atomic E-state index is 12.0. The first-order valence-electron chi connectivity index (χ1n) is 7.89. The molecule has 7 heteroatoms. The lowest BCUT2D eigenvalue weighted by Crippen LogP contribution is -2.08. The minimum absolute atomic E-state index is 0.00728. The fourth-order valence-corrected chi connectivity index (χ4v) is 4.03. The molecule has 0 saturated heterocycles. The summed E-state index contributed by atoms with van der Waals surface area (Å²) in [6.45, 7) is 2.03. The van der Waals surface area contributed by atoms with Crippen LogP contribution in [-0.2, 0) is 24.8 Å². The summed E-state index contributed by atoms with van der Waals surface area (Å²) in [5.41, 5.74) is 2.96. The monoisotopic (exact) mass is 360 g/mol. The summed E-state index contributed by atoms with van der Waals surface area (Å²) < 4.78 is 12.1. The van der Waals surface area contributed by atoms with Gasteiger partial charge in [0.15, 0.2) is 0 Å². The second kappa shape index (κ2) is 6.85. The van der Waals surface area contributed by atoms with E-state index in [2.05, 4.69) is 11.1 Å². The fraction of sp³-hybridized carbons (Fsp3) is 0.333. The van der Waals surface area contributed by atoms with E-state index in [4.69, 9.17) is 9.47 Å². The number of esters is 1. The van der Waals surface area contributed by atoms with Gasteiger partial charge in [0, 0.05) is 18.1 Å². The van der Waals surface area contributed by atoms with Crippen LogP contribution in [0.2, 0.25) is 0 Å². The average Bonchev–Trinajstić information content (AvgIpc) is 3.18. The van der Waals surface area contributed by atoms with Crippen LogP contribution in [0.1, 0.15) is 28.5 Å². The predicted molar refractivity (Wildman–Crippen MR) is 97.2 cm³/mol. The molecule has 0 saturated carbocycles. The van der Waals surface area contributed by atoms with Gasteiger partial charge in [-0.25, -0.2) is 9.78 Å². The van der Waals surface area contributed by atoms with Gasteiger partial charge < -0.3 is 19.1 Å². The van der Waals surface area contributed by atoms with Crippen LogP contribution in [0.15, 0.2) is 18.2 Å². The molecule has 0 aliphatic rings. The average molecular weight is 360 g/mol. The molecule has 132 valence electrons. The second-order valence-corrected chi connectivity index (χ2v) is 6.65. The Labute approximate surface area is 149 Å². The smallest absolute Gasteiger partial charge is 0.343 e. The van der Waals surface area contributed by atoms with Crippen LogP contribution in [0.3, 0.4) is 0 Å². The molecule has 0 aliphatic carbocycles. The third-order valence-electron chi connectivity index (χ3n) is 4.24. The molecule has 25 heavy (non-hydrogen) atoms. The van der Waals surface area contributed by atoms with E-state index in [1.807, 2.05) is 24.6 Å². The Balaban J connectivity index is 2.17. The zero-order valence-electron chi connectivity index (χ0n) is 14.6. The third-order valence-corrected chi connectivity index (χ3v) is 5.47. The quantitative estimate of drug-likeness (QED) is 0.708.